The molecule has 0 atom stereocenters. The van der Waals surface area contributed by atoms with Gasteiger partial charge in [-0.1, -0.05) is 23.5 Å². The lowest BCUT2D eigenvalue weighted by Crippen LogP contribution is -2.28. The highest BCUT2D eigenvalue weighted by atomic mass is 32.1. The summed E-state index contributed by atoms with van der Waals surface area (Å²) in [5.74, 6) is -0.814. The van der Waals surface area contributed by atoms with E-state index in [1.807, 2.05) is 35.8 Å². The molecule has 8 heteroatoms. The van der Waals surface area contributed by atoms with Crippen LogP contribution in [0.3, 0.4) is 0 Å². The quantitative estimate of drug-likeness (QED) is 0.451. The van der Waals surface area contributed by atoms with E-state index < -0.39 is 0 Å². The van der Waals surface area contributed by atoms with Gasteiger partial charge in [-0.15, -0.1) is 0 Å². The number of carbonyl (C=O) groups is 3. The van der Waals surface area contributed by atoms with E-state index in [0.717, 1.165) is 10.2 Å². The second-order valence-electron chi connectivity index (χ2n) is 6.79. The Morgan fingerprint density at radius 1 is 1.07 bits per heavy atom. The van der Waals surface area contributed by atoms with Crippen LogP contribution in [0, 0.1) is 0 Å². The molecule has 3 amide bonds. The second-order valence-corrected chi connectivity index (χ2v) is 7.80. The van der Waals surface area contributed by atoms with Crippen molar-refractivity contribution in [3.05, 3.63) is 58.9 Å². The van der Waals surface area contributed by atoms with Gasteiger partial charge < -0.3 is 9.30 Å². The number of hydrogen-bond acceptors (Lipinski definition) is 5. The number of carbonyl (C=O) groups excluding carboxylic acids is 3. The summed E-state index contributed by atoms with van der Waals surface area (Å²) in [6, 6.07) is 14.3. The third-order valence-electron chi connectivity index (χ3n) is 4.87. The molecule has 2 aromatic carbocycles. The number of para-hydroxylation sites is 1. The average Bonchev–Trinajstić information content (AvgIpc) is 3.27. The molecule has 2 heterocycles. The van der Waals surface area contributed by atoms with E-state index in [-0.39, 0.29) is 30.6 Å². The smallest absolute Gasteiger partial charge is 0.279 e. The van der Waals surface area contributed by atoms with Gasteiger partial charge in [-0.2, -0.15) is 4.99 Å². The third kappa shape index (κ3) is 3.96. The van der Waals surface area contributed by atoms with E-state index >= 15 is 0 Å². The van der Waals surface area contributed by atoms with Crippen molar-refractivity contribution in [2.45, 2.75) is 26.3 Å². The largest absolute Gasteiger partial charge is 0.380 e. The first-order valence-corrected chi connectivity index (χ1v) is 10.6. The predicted octanol–water partition coefficient (Wildman–Crippen LogP) is 3.13. The van der Waals surface area contributed by atoms with Gasteiger partial charge >= 0.3 is 0 Å². The summed E-state index contributed by atoms with van der Waals surface area (Å²) in [4.78, 5) is 42.7. The van der Waals surface area contributed by atoms with E-state index in [2.05, 4.69) is 4.99 Å². The number of imide groups is 1. The number of aromatic nitrogens is 1. The van der Waals surface area contributed by atoms with Gasteiger partial charge in [0.2, 0.25) is 11.8 Å². The Hall–Kier alpha value is -3.10. The second kappa shape index (κ2) is 8.73. The highest BCUT2D eigenvalue weighted by molar-refractivity contribution is 7.16. The van der Waals surface area contributed by atoms with Crippen LogP contribution in [0.15, 0.2) is 53.5 Å². The van der Waals surface area contributed by atoms with Gasteiger partial charge in [-0.05, 0) is 43.3 Å². The van der Waals surface area contributed by atoms with Crippen LogP contribution < -0.4 is 9.70 Å². The Morgan fingerprint density at radius 3 is 2.47 bits per heavy atom. The lowest BCUT2D eigenvalue weighted by atomic mass is 10.2. The maximum Gasteiger partial charge on any atom is 0.279 e. The summed E-state index contributed by atoms with van der Waals surface area (Å²) in [7, 11) is 0. The third-order valence-corrected chi connectivity index (χ3v) is 5.93. The number of fused-ring (bicyclic) bond motifs is 1. The molecule has 4 rings (SSSR count). The highest BCUT2D eigenvalue weighted by Gasteiger charge is 2.30. The molecule has 7 nitrogen and oxygen atoms in total. The van der Waals surface area contributed by atoms with Crippen LogP contribution in [-0.2, 0) is 20.9 Å². The Balaban J connectivity index is 1.64. The fourth-order valence-corrected chi connectivity index (χ4v) is 4.45. The first-order valence-electron chi connectivity index (χ1n) is 9.79. The van der Waals surface area contributed by atoms with Crippen molar-refractivity contribution in [3.8, 4) is 0 Å². The van der Waals surface area contributed by atoms with E-state index in [9.17, 15) is 14.4 Å². The zero-order valence-corrected chi connectivity index (χ0v) is 17.4. The standard InChI is InChI=1S/C22H21N3O4S/c1-2-29-14-13-24-17-5-3-4-6-18(17)30-22(24)23-21(28)15-7-9-16(10-8-15)25-19(26)11-12-20(25)27/h3-10H,2,11-14H2,1H3. The minimum absolute atomic E-state index is 0.218. The zero-order chi connectivity index (χ0) is 21.1. The van der Waals surface area contributed by atoms with Gasteiger partial charge in [0, 0.05) is 31.6 Å². The number of amides is 3. The summed E-state index contributed by atoms with van der Waals surface area (Å²) in [5, 5.41) is 0. The zero-order valence-electron chi connectivity index (χ0n) is 16.5. The van der Waals surface area contributed by atoms with Gasteiger partial charge in [-0.3, -0.25) is 19.3 Å². The average molecular weight is 423 g/mol. The molecule has 1 aliphatic rings. The molecule has 0 N–H and O–H groups in total. The molecule has 154 valence electrons. The summed E-state index contributed by atoms with van der Waals surface area (Å²) in [6.45, 7) is 3.70. The minimum Gasteiger partial charge on any atom is -0.380 e. The summed E-state index contributed by atoms with van der Waals surface area (Å²) >= 11 is 1.45. The normalized spacial score (nSPS) is 14.8. The lowest BCUT2D eigenvalue weighted by Gasteiger charge is -2.13. The van der Waals surface area contributed by atoms with Crippen LogP contribution in [0.1, 0.15) is 30.1 Å². The molecule has 0 aliphatic carbocycles. The van der Waals surface area contributed by atoms with E-state index in [1.54, 1.807) is 24.3 Å². The molecule has 0 radical (unpaired) electrons. The number of nitrogens with zero attached hydrogens (tertiary/aromatic N) is 3. The van der Waals surface area contributed by atoms with Crippen LogP contribution in [0.4, 0.5) is 5.69 Å². The SMILES string of the molecule is CCOCCn1c(=NC(=O)c2ccc(N3C(=O)CCC3=O)cc2)sc2ccccc21. The fourth-order valence-electron chi connectivity index (χ4n) is 3.39. The van der Waals surface area contributed by atoms with Crippen molar-refractivity contribution >= 4 is 45.0 Å². The highest BCUT2D eigenvalue weighted by Crippen LogP contribution is 2.23. The fraction of sp³-hybridized carbons (Fsp3) is 0.273. The molecule has 30 heavy (non-hydrogen) atoms. The molecule has 0 spiro atoms. The molecule has 1 aliphatic heterocycles. The topological polar surface area (TPSA) is 81.0 Å². The predicted molar refractivity (Wildman–Crippen MR) is 114 cm³/mol. The maximum atomic E-state index is 12.8. The van der Waals surface area contributed by atoms with E-state index in [4.69, 9.17) is 4.74 Å². The summed E-state index contributed by atoms with van der Waals surface area (Å²) in [6.07, 6.45) is 0.449. The number of benzene rings is 2. The molecular weight excluding hydrogens is 402 g/mol. The monoisotopic (exact) mass is 423 g/mol. The Bertz CT molecular complexity index is 1160. The van der Waals surface area contributed by atoms with E-state index in [0.29, 0.717) is 35.8 Å². The minimum atomic E-state index is -0.377. The molecule has 1 saturated heterocycles. The molecule has 1 fully saturated rings. The number of rotatable bonds is 6. The molecule has 0 unspecified atom stereocenters. The van der Waals surface area contributed by atoms with Crippen LogP contribution in [-0.4, -0.2) is 35.5 Å². The van der Waals surface area contributed by atoms with Gasteiger partial charge in [0.15, 0.2) is 4.80 Å². The Kier molecular flexibility index (Phi) is 5.87. The van der Waals surface area contributed by atoms with Gasteiger partial charge in [0.25, 0.3) is 5.91 Å². The van der Waals surface area contributed by atoms with Crippen LogP contribution in [0.5, 0.6) is 0 Å². The van der Waals surface area contributed by atoms with E-state index in [1.165, 1.54) is 16.2 Å². The first kappa shape index (κ1) is 20.2. The Labute approximate surface area is 177 Å². The van der Waals surface area contributed by atoms with Crippen molar-refractivity contribution < 1.29 is 19.1 Å². The molecule has 0 bridgehead atoms. The van der Waals surface area contributed by atoms with Crippen molar-refractivity contribution in [1.29, 1.82) is 0 Å². The molecule has 0 saturated carbocycles. The number of anilines is 1. The van der Waals surface area contributed by atoms with Gasteiger partial charge in [0.1, 0.15) is 0 Å². The molecule has 3 aromatic rings. The number of thiazole rings is 1. The summed E-state index contributed by atoms with van der Waals surface area (Å²) in [5.41, 5.74) is 1.88. The van der Waals surface area contributed by atoms with Gasteiger partial charge in [-0.25, -0.2) is 0 Å². The van der Waals surface area contributed by atoms with Crippen molar-refractivity contribution in [1.82, 2.24) is 4.57 Å². The Morgan fingerprint density at radius 2 is 1.77 bits per heavy atom. The lowest BCUT2D eigenvalue weighted by molar-refractivity contribution is -0.121. The molecular formula is C22H21N3O4S. The van der Waals surface area contributed by atoms with Crippen molar-refractivity contribution in [2.24, 2.45) is 4.99 Å². The number of ether oxygens (including phenoxy) is 1. The summed E-state index contributed by atoms with van der Waals surface area (Å²) < 4.78 is 8.51. The first-order chi connectivity index (χ1) is 14.6. The van der Waals surface area contributed by atoms with Crippen molar-refractivity contribution in [3.63, 3.8) is 0 Å². The molecule has 1 aromatic heterocycles. The van der Waals surface area contributed by atoms with Crippen LogP contribution in [0.2, 0.25) is 0 Å². The van der Waals surface area contributed by atoms with Crippen LogP contribution in [0.25, 0.3) is 10.2 Å². The van der Waals surface area contributed by atoms with Crippen molar-refractivity contribution in [2.75, 3.05) is 18.1 Å². The maximum absolute atomic E-state index is 12.8. The number of hydrogen-bond donors (Lipinski definition) is 0. The van der Waals surface area contributed by atoms with Crippen LogP contribution >= 0.6 is 11.3 Å². The van der Waals surface area contributed by atoms with Gasteiger partial charge in [0.05, 0.1) is 22.5 Å².